The molecule has 0 radical (unpaired) electrons. The maximum atomic E-state index is 12.6. The van der Waals surface area contributed by atoms with Gasteiger partial charge in [0, 0.05) is 10.9 Å². The molecule has 9 heteroatoms. The lowest BCUT2D eigenvalue weighted by Crippen LogP contribution is -2.16. The zero-order chi connectivity index (χ0) is 25.5. The molecule has 1 heterocycles. The molecule has 0 spiro atoms. The van der Waals surface area contributed by atoms with Crippen molar-refractivity contribution in [2.24, 2.45) is 5.10 Å². The van der Waals surface area contributed by atoms with Gasteiger partial charge in [-0.3, -0.25) is 4.79 Å². The first-order chi connectivity index (χ1) is 17.5. The normalized spacial score (nSPS) is 10.9. The molecule has 1 amide bonds. The maximum Gasteiger partial charge on any atom is 0.335 e. The van der Waals surface area contributed by atoms with Crippen LogP contribution in [0.4, 0.5) is 0 Å². The molecule has 0 bridgehead atoms. The number of nitrogens with one attached hydrogen (secondary N) is 1. The number of rotatable bonds is 10. The molecule has 3 aromatic carbocycles. The van der Waals surface area contributed by atoms with Crippen molar-refractivity contribution in [2.45, 2.75) is 13.5 Å². The summed E-state index contributed by atoms with van der Waals surface area (Å²) < 4.78 is 22.4. The number of ether oxygens (including phenoxy) is 3. The number of furan rings is 1. The second-order valence-corrected chi connectivity index (χ2v) is 7.62. The van der Waals surface area contributed by atoms with Gasteiger partial charge in [-0.15, -0.1) is 0 Å². The Hall–Kier alpha value is -4.79. The number of fused-ring (bicyclic) bond motifs is 1. The summed E-state index contributed by atoms with van der Waals surface area (Å²) in [6, 6.07) is 18.6. The zero-order valence-electron chi connectivity index (χ0n) is 19.7. The Kier molecular flexibility index (Phi) is 7.50. The van der Waals surface area contributed by atoms with Crippen LogP contribution in [0.3, 0.4) is 0 Å². The molecule has 4 aromatic rings. The molecule has 0 aliphatic rings. The maximum absolute atomic E-state index is 12.6. The van der Waals surface area contributed by atoms with Crippen LogP contribution in [0.1, 0.15) is 39.0 Å². The van der Waals surface area contributed by atoms with E-state index in [1.165, 1.54) is 25.5 Å². The highest BCUT2D eigenvalue weighted by atomic mass is 16.5. The van der Waals surface area contributed by atoms with E-state index in [0.29, 0.717) is 40.6 Å². The number of benzene rings is 3. The lowest BCUT2D eigenvalue weighted by Gasteiger charge is -2.13. The molecule has 0 aliphatic heterocycles. The predicted molar refractivity (Wildman–Crippen MR) is 133 cm³/mol. The van der Waals surface area contributed by atoms with Gasteiger partial charge in [0.25, 0.3) is 0 Å². The molecule has 0 atom stereocenters. The summed E-state index contributed by atoms with van der Waals surface area (Å²) in [5.74, 6) is 0.119. The third kappa shape index (κ3) is 5.64. The Balaban J connectivity index is 1.48. The Bertz CT molecular complexity index is 1420. The summed E-state index contributed by atoms with van der Waals surface area (Å²) >= 11 is 0. The molecule has 9 nitrogen and oxygen atoms in total. The summed E-state index contributed by atoms with van der Waals surface area (Å²) in [6.07, 6.45) is 1.43. The lowest BCUT2D eigenvalue weighted by molar-refractivity contribution is 0.0696. The van der Waals surface area contributed by atoms with Gasteiger partial charge in [0.2, 0.25) is 0 Å². The van der Waals surface area contributed by atoms with Crippen LogP contribution >= 0.6 is 0 Å². The van der Waals surface area contributed by atoms with Crippen molar-refractivity contribution in [2.75, 3.05) is 13.7 Å². The standard InChI is InChI=1S/C27H24N2O7/c1-3-34-21-10-11-22-20(13-21)14-24(36-22)26(30)29-28-15-19-8-5-9-23(33-2)25(19)35-16-17-6-4-7-18(12-17)27(31)32/h4-15H,3,16H2,1-2H3,(H,29,30)(H,31,32)/b28-15+. The van der Waals surface area contributed by atoms with Gasteiger partial charge in [0.1, 0.15) is 17.9 Å². The monoisotopic (exact) mass is 488 g/mol. The van der Waals surface area contributed by atoms with E-state index in [2.05, 4.69) is 10.5 Å². The number of carbonyl (C=O) groups is 2. The van der Waals surface area contributed by atoms with Crippen LogP contribution in [0.15, 0.2) is 76.2 Å². The number of hydrogen-bond acceptors (Lipinski definition) is 7. The van der Waals surface area contributed by atoms with Crippen molar-refractivity contribution in [1.29, 1.82) is 0 Å². The van der Waals surface area contributed by atoms with Crippen molar-refractivity contribution in [3.63, 3.8) is 0 Å². The van der Waals surface area contributed by atoms with Gasteiger partial charge in [-0.2, -0.15) is 5.10 Å². The van der Waals surface area contributed by atoms with E-state index in [9.17, 15) is 14.7 Å². The number of amides is 1. The number of methoxy groups -OCH3 is 1. The van der Waals surface area contributed by atoms with E-state index in [4.69, 9.17) is 18.6 Å². The Morgan fingerprint density at radius 2 is 1.89 bits per heavy atom. The quantitative estimate of drug-likeness (QED) is 0.241. The van der Waals surface area contributed by atoms with E-state index >= 15 is 0 Å². The average molecular weight is 488 g/mol. The van der Waals surface area contributed by atoms with Crippen molar-refractivity contribution >= 4 is 29.1 Å². The summed E-state index contributed by atoms with van der Waals surface area (Å²) in [5.41, 5.74) is 4.40. The van der Waals surface area contributed by atoms with Crippen molar-refractivity contribution in [3.05, 3.63) is 89.2 Å². The molecule has 0 aliphatic carbocycles. The fourth-order valence-corrected chi connectivity index (χ4v) is 3.50. The van der Waals surface area contributed by atoms with Gasteiger partial charge in [0.15, 0.2) is 17.3 Å². The summed E-state index contributed by atoms with van der Waals surface area (Å²) in [4.78, 5) is 23.8. The fraction of sp³-hybridized carbons (Fsp3) is 0.148. The molecule has 4 rings (SSSR count). The van der Waals surface area contributed by atoms with Crippen LogP contribution in [0.2, 0.25) is 0 Å². The first kappa shape index (κ1) is 24.3. The zero-order valence-corrected chi connectivity index (χ0v) is 19.7. The van der Waals surface area contributed by atoms with Gasteiger partial charge in [-0.25, -0.2) is 10.2 Å². The number of aromatic carboxylic acids is 1. The predicted octanol–water partition coefficient (Wildman–Crippen LogP) is 4.88. The Labute approximate surface area is 206 Å². The largest absolute Gasteiger partial charge is 0.494 e. The second-order valence-electron chi connectivity index (χ2n) is 7.62. The molecule has 184 valence electrons. The number of carboxylic acid groups (broad SMARTS) is 1. The van der Waals surface area contributed by atoms with E-state index in [1.807, 2.05) is 6.92 Å². The van der Waals surface area contributed by atoms with Crippen molar-refractivity contribution < 1.29 is 33.3 Å². The molecule has 0 unspecified atom stereocenters. The molecular formula is C27H24N2O7. The minimum Gasteiger partial charge on any atom is -0.494 e. The van der Waals surface area contributed by atoms with E-state index in [-0.39, 0.29) is 17.9 Å². The molecule has 2 N–H and O–H groups in total. The SMILES string of the molecule is CCOc1ccc2oc(C(=O)N/N=C/c3cccc(OC)c3OCc3cccc(C(=O)O)c3)cc2c1. The highest BCUT2D eigenvalue weighted by Gasteiger charge is 2.14. The molecule has 0 saturated carbocycles. The van der Waals surface area contributed by atoms with Crippen molar-refractivity contribution in [3.8, 4) is 17.2 Å². The van der Waals surface area contributed by atoms with Gasteiger partial charge in [-0.05, 0) is 61.0 Å². The van der Waals surface area contributed by atoms with Gasteiger partial charge in [-0.1, -0.05) is 18.2 Å². The minimum atomic E-state index is -1.02. The first-order valence-electron chi connectivity index (χ1n) is 11.1. The van der Waals surface area contributed by atoms with Gasteiger partial charge in [0.05, 0.1) is 25.5 Å². The molecule has 1 aromatic heterocycles. The van der Waals surface area contributed by atoms with E-state index in [0.717, 1.165) is 5.39 Å². The molecule has 0 saturated heterocycles. The topological polar surface area (TPSA) is 120 Å². The second kappa shape index (κ2) is 11.1. The van der Waals surface area contributed by atoms with E-state index in [1.54, 1.807) is 54.6 Å². The summed E-state index contributed by atoms with van der Waals surface area (Å²) in [5, 5.41) is 14.0. The van der Waals surface area contributed by atoms with Crippen LogP contribution in [0.25, 0.3) is 11.0 Å². The number of nitrogens with zero attached hydrogens (tertiary/aromatic N) is 1. The number of para-hydroxylation sites is 1. The molecule has 36 heavy (non-hydrogen) atoms. The van der Waals surface area contributed by atoms with Crippen LogP contribution in [-0.4, -0.2) is 36.9 Å². The smallest absolute Gasteiger partial charge is 0.335 e. The highest BCUT2D eigenvalue weighted by molar-refractivity contribution is 5.97. The third-order valence-electron chi connectivity index (χ3n) is 5.18. The lowest BCUT2D eigenvalue weighted by atomic mass is 10.1. The van der Waals surface area contributed by atoms with E-state index < -0.39 is 11.9 Å². The van der Waals surface area contributed by atoms with Crippen LogP contribution < -0.4 is 19.6 Å². The number of hydrogen-bond donors (Lipinski definition) is 2. The Morgan fingerprint density at radius 1 is 1.06 bits per heavy atom. The first-order valence-corrected chi connectivity index (χ1v) is 11.1. The van der Waals surface area contributed by atoms with Crippen LogP contribution in [-0.2, 0) is 6.61 Å². The van der Waals surface area contributed by atoms with Gasteiger partial charge >= 0.3 is 11.9 Å². The van der Waals surface area contributed by atoms with Crippen LogP contribution in [0, 0.1) is 0 Å². The number of hydrazone groups is 1. The summed E-state index contributed by atoms with van der Waals surface area (Å²) in [7, 11) is 1.51. The van der Waals surface area contributed by atoms with Gasteiger partial charge < -0.3 is 23.7 Å². The Morgan fingerprint density at radius 3 is 2.67 bits per heavy atom. The van der Waals surface area contributed by atoms with Crippen molar-refractivity contribution in [1.82, 2.24) is 5.43 Å². The minimum absolute atomic E-state index is 0.108. The number of carbonyl (C=O) groups excluding carboxylic acids is 1. The third-order valence-corrected chi connectivity index (χ3v) is 5.18. The van der Waals surface area contributed by atoms with Crippen LogP contribution in [0.5, 0.6) is 17.2 Å². The summed E-state index contributed by atoms with van der Waals surface area (Å²) in [6.45, 7) is 2.54. The number of carboxylic acids is 1. The molecular weight excluding hydrogens is 464 g/mol. The highest BCUT2D eigenvalue weighted by Crippen LogP contribution is 2.31. The molecule has 0 fully saturated rings. The average Bonchev–Trinajstić information content (AvgIpc) is 3.31. The fourth-order valence-electron chi connectivity index (χ4n) is 3.50.